The Bertz CT molecular complexity index is 1000. The van der Waals surface area contributed by atoms with Crippen molar-refractivity contribution in [2.75, 3.05) is 37.3 Å². The lowest BCUT2D eigenvalue weighted by Crippen LogP contribution is -2.39. The predicted octanol–water partition coefficient (Wildman–Crippen LogP) is 1.68. The molecule has 160 valence electrons. The molecule has 2 fully saturated rings. The molecule has 4 rings (SSSR count). The summed E-state index contributed by atoms with van der Waals surface area (Å²) in [7, 11) is -3.45. The van der Waals surface area contributed by atoms with Gasteiger partial charge >= 0.3 is 0 Å². The number of aromatic nitrogens is 4. The summed E-state index contributed by atoms with van der Waals surface area (Å²) in [4.78, 5) is 33.8. The van der Waals surface area contributed by atoms with Crippen LogP contribution in [-0.2, 0) is 9.84 Å². The van der Waals surface area contributed by atoms with Crippen LogP contribution in [0, 0.1) is 0 Å². The number of amides is 1. The largest absolute Gasteiger partial charge is 0.341 e. The molecule has 2 aliphatic heterocycles. The molecule has 0 aromatic carbocycles. The number of likely N-dealkylation sites (tertiary alicyclic amines) is 1. The summed E-state index contributed by atoms with van der Waals surface area (Å²) >= 11 is 0. The molecule has 0 aliphatic carbocycles. The molecule has 2 aromatic heterocycles. The average molecular weight is 431 g/mol. The molecular weight excluding hydrogens is 404 g/mol. The summed E-state index contributed by atoms with van der Waals surface area (Å²) in [6.45, 7) is 2.82. The summed E-state index contributed by atoms with van der Waals surface area (Å²) in [6, 6.07) is 0. The van der Waals surface area contributed by atoms with Gasteiger partial charge in [0.25, 0.3) is 5.91 Å². The monoisotopic (exact) mass is 430 g/mol. The Morgan fingerprint density at radius 3 is 2.37 bits per heavy atom. The summed E-state index contributed by atoms with van der Waals surface area (Å²) < 4.78 is 24.7. The van der Waals surface area contributed by atoms with Gasteiger partial charge in [-0.05, 0) is 32.1 Å². The number of carbonyl (C=O) groups excluding carboxylic acids is 1. The van der Waals surface area contributed by atoms with Crippen LogP contribution in [0.5, 0.6) is 0 Å². The van der Waals surface area contributed by atoms with Crippen LogP contribution in [0.15, 0.2) is 29.7 Å². The fourth-order valence-electron chi connectivity index (χ4n) is 4.13. The highest BCUT2D eigenvalue weighted by atomic mass is 32.2. The molecule has 0 unspecified atom stereocenters. The molecule has 30 heavy (non-hydrogen) atoms. The second-order valence-electron chi connectivity index (χ2n) is 7.90. The highest BCUT2D eigenvalue weighted by Gasteiger charge is 2.30. The maximum Gasteiger partial charge on any atom is 0.274 e. The van der Waals surface area contributed by atoms with Gasteiger partial charge in [-0.15, -0.1) is 0 Å². The highest BCUT2D eigenvalue weighted by molar-refractivity contribution is 7.90. The lowest BCUT2D eigenvalue weighted by Gasteiger charge is -2.33. The zero-order chi connectivity index (χ0) is 21.1. The highest BCUT2D eigenvalue weighted by Crippen LogP contribution is 2.32. The molecule has 0 N–H and O–H groups in total. The number of nitrogens with zero attached hydrogens (tertiary/aromatic N) is 6. The van der Waals surface area contributed by atoms with Crippen molar-refractivity contribution in [3.8, 4) is 0 Å². The van der Waals surface area contributed by atoms with Crippen LogP contribution in [0.25, 0.3) is 0 Å². The number of hydrogen-bond acceptors (Lipinski definition) is 8. The van der Waals surface area contributed by atoms with E-state index in [1.165, 1.54) is 37.5 Å². The van der Waals surface area contributed by atoms with E-state index in [1.807, 2.05) is 0 Å². The lowest BCUT2D eigenvalue weighted by molar-refractivity contribution is 0.0705. The minimum Gasteiger partial charge on any atom is -0.341 e. The summed E-state index contributed by atoms with van der Waals surface area (Å²) in [6.07, 6.45) is 11.8. The molecule has 1 amide bonds. The van der Waals surface area contributed by atoms with Crippen LogP contribution >= 0.6 is 0 Å². The topological polar surface area (TPSA) is 109 Å². The maximum absolute atomic E-state index is 12.6. The molecule has 0 atom stereocenters. The van der Waals surface area contributed by atoms with E-state index >= 15 is 0 Å². The van der Waals surface area contributed by atoms with Crippen molar-refractivity contribution in [2.24, 2.45) is 0 Å². The first kappa shape index (κ1) is 20.6. The Morgan fingerprint density at radius 2 is 1.73 bits per heavy atom. The average Bonchev–Trinajstić information content (AvgIpc) is 2.79. The fourth-order valence-corrected chi connectivity index (χ4v) is 4.96. The second-order valence-corrected chi connectivity index (χ2v) is 9.88. The number of piperidine rings is 2. The van der Waals surface area contributed by atoms with Gasteiger partial charge in [-0.3, -0.25) is 9.78 Å². The Balaban J connectivity index is 1.55. The first-order valence-electron chi connectivity index (χ1n) is 10.3. The van der Waals surface area contributed by atoms with Gasteiger partial charge in [0.1, 0.15) is 10.6 Å². The molecule has 2 saturated heterocycles. The van der Waals surface area contributed by atoms with Crippen LogP contribution in [0.2, 0.25) is 0 Å². The van der Waals surface area contributed by atoms with E-state index < -0.39 is 9.84 Å². The van der Waals surface area contributed by atoms with E-state index in [1.54, 1.807) is 4.90 Å². The molecular formula is C20H26N6O3S. The number of rotatable bonds is 4. The zero-order valence-corrected chi connectivity index (χ0v) is 17.9. The lowest BCUT2D eigenvalue weighted by atomic mass is 9.93. The van der Waals surface area contributed by atoms with E-state index in [0.717, 1.165) is 25.9 Å². The molecule has 0 spiro atoms. The van der Waals surface area contributed by atoms with E-state index in [9.17, 15) is 13.2 Å². The van der Waals surface area contributed by atoms with Gasteiger partial charge < -0.3 is 9.80 Å². The number of sulfone groups is 1. The Hall–Kier alpha value is -2.62. The normalized spacial score (nSPS) is 18.4. The van der Waals surface area contributed by atoms with Crippen LogP contribution in [-0.4, -0.2) is 71.6 Å². The molecule has 0 radical (unpaired) electrons. The maximum atomic E-state index is 12.6. The number of carbonyl (C=O) groups is 1. The molecule has 10 heteroatoms. The quantitative estimate of drug-likeness (QED) is 0.721. The summed E-state index contributed by atoms with van der Waals surface area (Å²) in [5.74, 6) is 0.420. The SMILES string of the molecule is CS(=O)(=O)c1cnc(N2CCCCC2)nc1C1CCN(C(=O)c2cnccn2)CC1. The van der Waals surface area contributed by atoms with Crippen molar-refractivity contribution < 1.29 is 13.2 Å². The van der Waals surface area contributed by atoms with Gasteiger partial charge in [0.05, 0.1) is 18.1 Å². The van der Waals surface area contributed by atoms with Crippen molar-refractivity contribution in [1.29, 1.82) is 0 Å². The van der Waals surface area contributed by atoms with Gasteiger partial charge in [-0.25, -0.2) is 23.4 Å². The van der Waals surface area contributed by atoms with E-state index in [2.05, 4.69) is 19.9 Å². The third kappa shape index (κ3) is 4.43. The van der Waals surface area contributed by atoms with E-state index in [0.29, 0.717) is 43.3 Å². The summed E-state index contributed by atoms with van der Waals surface area (Å²) in [5.41, 5.74) is 0.905. The minimum atomic E-state index is -3.45. The van der Waals surface area contributed by atoms with Gasteiger partial charge in [-0.1, -0.05) is 0 Å². The Morgan fingerprint density at radius 1 is 1.00 bits per heavy atom. The fraction of sp³-hybridized carbons (Fsp3) is 0.550. The van der Waals surface area contributed by atoms with Crippen LogP contribution < -0.4 is 4.90 Å². The van der Waals surface area contributed by atoms with E-state index in [-0.39, 0.29) is 16.7 Å². The third-order valence-corrected chi connectivity index (χ3v) is 6.87. The van der Waals surface area contributed by atoms with E-state index in [4.69, 9.17) is 4.98 Å². The van der Waals surface area contributed by atoms with Crippen molar-refractivity contribution in [2.45, 2.75) is 42.9 Å². The molecule has 2 aliphatic rings. The smallest absolute Gasteiger partial charge is 0.274 e. The molecule has 9 nitrogen and oxygen atoms in total. The third-order valence-electron chi connectivity index (χ3n) is 5.76. The molecule has 0 bridgehead atoms. The first-order valence-corrected chi connectivity index (χ1v) is 12.2. The van der Waals surface area contributed by atoms with Crippen LogP contribution in [0.1, 0.15) is 54.2 Å². The molecule has 2 aromatic rings. The van der Waals surface area contributed by atoms with Gasteiger partial charge in [-0.2, -0.15) is 0 Å². The van der Waals surface area contributed by atoms with Gasteiger partial charge in [0.2, 0.25) is 5.95 Å². The first-order chi connectivity index (χ1) is 14.4. The Labute approximate surface area is 176 Å². The minimum absolute atomic E-state index is 0.0350. The second kappa shape index (κ2) is 8.63. The molecule has 0 saturated carbocycles. The van der Waals surface area contributed by atoms with Crippen LogP contribution in [0.4, 0.5) is 5.95 Å². The predicted molar refractivity (Wildman–Crippen MR) is 111 cm³/mol. The van der Waals surface area contributed by atoms with Crippen molar-refractivity contribution >= 4 is 21.7 Å². The van der Waals surface area contributed by atoms with Crippen LogP contribution in [0.3, 0.4) is 0 Å². The number of anilines is 1. The zero-order valence-electron chi connectivity index (χ0n) is 17.1. The van der Waals surface area contributed by atoms with Crippen molar-refractivity contribution in [3.05, 3.63) is 36.2 Å². The van der Waals surface area contributed by atoms with Crippen molar-refractivity contribution in [1.82, 2.24) is 24.8 Å². The Kier molecular flexibility index (Phi) is 5.94. The number of hydrogen-bond donors (Lipinski definition) is 0. The van der Waals surface area contributed by atoms with Gasteiger partial charge in [0, 0.05) is 50.7 Å². The standard InChI is InChI=1S/C20H26N6O3S/c1-30(28,29)17-14-23-20(26-9-3-2-4-10-26)24-18(17)15-5-11-25(12-6-15)19(27)16-13-21-7-8-22-16/h7-8,13-15H,2-6,9-12H2,1H3. The summed E-state index contributed by atoms with van der Waals surface area (Å²) in [5, 5.41) is 0. The van der Waals surface area contributed by atoms with Gasteiger partial charge in [0.15, 0.2) is 9.84 Å². The molecule has 4 heterocycles. The van der Waals surface area contributed by atoms with Crippen molar-refractivity contribution in [3.63, 3.8) is 0 Å².